The fourth-order valence-corrected chi connectivity index (χ4v) is 1.39. The van der Waals surface area contributed by atoms with Crippen molar-refractivity contribution in [2.45, 2.75) is 30.6 Å². The van der Waals surface area contributed by atoms with Crippen LogP contribution in [0.4, 0.5) is 0 Å². The molecule has 0 radical (unpaired) electrons. The first kappa shape index (κ1) is 8.71. The lowest BCUT2D eigenvalue weighted by atomic mass is 9.92. The van der Waals surface area contributed by atoms with Crippen LogP contribution in [0.5, 0.6) is 0 Å². The molecule has 1 aliphatic heterocycles. The van der Waals surface area contributed by atoms with E-state index >= 15 is 0 Å². The molecule has 1 atom stereocenters. The molecule has 0 aromatic rings. The van der Waals surface area contributed by atoms with E-state index in [1.54, 1.807) is 0 Å². The zero-order valence-corrected chi connectivity index (χ0v) is 8.06. The molecule has 1 amide bonds. The molecule has 1 aliphatic rings. The third-order valence-electron chi connectivity index (χ3n) is 1.59. The van der Waals surface area contributed by atoms with E-state index < -0.39 is 4.83 Å². The highest BCUT2D eigenvalue weighted by atomic mass is 79.9. The second-order valence-electron chi connectivity index (χ2n) is 3.38. The molecule has 3 nitrogen and oxygen atoms in total. The van der Waals surface area contributed by atoms with Gasteiger partial charge < -0.3 is 5.32 Å². The summed E-state index contributed by atoms with van der Waals surface area (Å²) in [7, 11) is 0. The van der Waals surface area contributed by atoms with Crippen molar-refractivity contribution >= 4 is 27.6 Å². The lowest BCUT2D eigenvalue weighted by molar-refractivity contribution is -0.132. The maximum Gasteiger partial charge on any atom is 0.241 e. The molecule has 0 aromatic heterocycles. The molecule has 62 valence electrons. The topological polar surface area (TPSA) is 46.2 Å². The standard InChI is InChI=1S/C7H10BrNO2/c1-7(2)3-4(10)5(8)6(11)9-7/h5H,3H2,1-2H3,(H,9,11)/t5-/m0/s1. The van der Waals surface area contributed by atoms with Crippen molar-refractivity contribution in [1.82, 2.24) is 5.32 Å². The summed E-state index contributed by atoms with van der Waals surface area (Å²) >= 11 is 3.01. The van der Waals surface area contributed by atoms with Crippen LogP contribution in [0.3, 0.4) is 0 Å². The number of amides is 1. The van der Waals surface area contributed by atoms with Crippen LogP contribution in [0.25, 0.3) is 0 Å². The quantitative estimate of drug-likeness (QED) is 0.480. The van der Waals surface area contributed by atoms with Crippen molar-refractivity contribution in [3.05, 3.63) is 0 Å². The van der Waals surface area contributed by atoms with E-state index in [0.29, 0.717) is 6.42 Å². The van der Waals surface area contributed by atoms with E-state index in [1.807, 2.05) is 13.8 Å². The minimum Gasteiger partial charge on any atom is -0.349 e. The van der Waals surface area contributed by atoms with E-state index in [1.165, 1.54) is 0 Å². The highest BCUT2D eigenvalue weighted by Gasteiger charge is 2.37. The average Bonchev–Trinajstić information content (AvgIpc) is 1.81. The van der Waals surface area contributed by atoms with E-state index in [9.17, 15) is 9.59 Å². The Balaban J connectivity index is 2.78. The van der Waals surface area contributed by atoms with Crippen LogP contribution in [0.2, 0.25) is 0 Å². The molecule has 1 rings (SSSR count). The minimum absolute atomic E-state index is 0.0428. The largest absolute Gasteiger partial charge is 0.349 e. The number of rotatable bonds is 0. The third-order valence-corrected chi connectivity index (χ3v) is 2.52. The molecule has 0 aliphatic carbocycles. The highest BCUT2D eigenvalue weighted by molar-refractivity contribution is 9.10. The zero-order chi connectivity index (χ0) is 8.65. The van der Waals surface area contributed by atoms with E-state index in [2.05, 4.69) is 21.2 Å². The van der Waals surface area contributed by atoms with Gasteiger partial charge in [0.15, 0.2) is 10.6 Å². The summed E-state index contributed by atoms with van der Waals surface area (Å²) in [6.07, 6.45) is 0.397. The molecule has 1 fully saturated rings. The van der Waals surface area contributed by atoms with E-state index in [0.717, 1.165) is 0 Å². The van der Waals surface area contributed by atoms with Gasteiger partial charge in [-0.3, -0.25) is 9.59 Å². The Labute approximate surface area is 73.7 Å². The number of carbonyl (C=O) groups is 2. The van der Waals surface area contributed by atoms with Crippen LogP contribution >= 0.6 is 15.9 Å². The van der Waals surface area contributed by atoms with Crippen LogP contribution < -0.4 is 5.32 Å². The monoisotopic (exact) mass is 219 g/mol. The second-order valence-corrected chi connectivity index (χ2v) is 4.29. The molecule has 1 N–H and O–H groups in total. The Bertz CT molecular complexity index is 192. The SMILES string of the molecule is CC1(C)CC(=O)[C@H](Br)C(=O)N1. The predicted molar refractivity (Wildman–Crippen MR) is 44.6 cm³/mol. The number of piperidine rings is 1. The summed E-state index contributed by atoms with van der Waals surface area (Å²) in [6, 6.07) is 0. The van der Waals surface area contributed by atoms with Crippen LogP contribution in [-0.4, -0.2) is 22.1 Å². The van der Waals surface area contributed by atoms with Gasteiger partial charge in [-0.15, -0.1) is 0 Å². The van der Waals surface area contributed by atoms with Crippen molar-refractivity contribution in [3.8, 4) is 0 Å². The maximum atomic E-state index is 11.1. The van der Waals surface area contributed by atoms with Crippen molar-refractivity contribution in [2.75, 3.05) is 0 Å². The Morgan fingerprint density at radius 1 is 1.55 bits per heavy atom. The third kappa shape index (κ3) is 1.80. The maximum absolute atomic E-state index is 11.1. The number of ketones is 1. The lowest BCUT2D eigenvalue weighted by Crippen LogP contribution is -2.55. The van der Waals surface area contributed by atoms with Gasteiger partial charge in [-0.1, -0.05) is 15.9 Å². The van der Waals surface area contributed by atoms with Gasteiger partial charge in [0.1, 0.15) is 0 Å². The Morgan fingerprint density at radius 2 is 2.09 bits per heavy atom. The lowest BCUT2D eigenvalue weighted by Gasteiger charge is -2.31. The summed E-state index contributed by atoms with van der Waals surface area (Å²) in [5.41, 5.74) is -0.377. The van der Waals surface area contributed by atoms with Gasteiger partial charge in [0.25, 0.3) is 0 Å². The smallest absolute Gasteiger partial charge is 0.241 e. The number of halogens is 1. The first-order valence-corrected chi connectivity index (χ1v) is 4.33. The number of carbonyl (C=O) groups excluding carboxylic acids is 2. The van der Waals surface area contributed by atoms with Gasteiger partial charge in [0.2, 0.25) is 5.91 Å². The molecular weight excluding hydrogens is 210 g/mol. The molecule has 11 heavy (non-hydrogen) atoms. The van der Waals surface area contributed by atoms with Crippen LogP contribution in [0.15, 0.2) is 0 Å². The average molecular weight is 220 g/mol. The van der Waals surface area contributed by atoms with Gasteiger partial charge in [0.05, 0.1) is 0 Å². The normalized spacial score (nSPS) is 29.9. The van der Waals surface area contributed by atoms with Crippen LogP contribution in [0, 0.1) is 0 Å². The van der Waals surface area contributed by atoms with Crippen molar-refractivity contribution in [2.24, 2.45) is 0 Å². The number of Topliss-reactive ketones (excluding diaryl/α,β-unsaturated/α-hetero) is 1. The molecule has 0 saturated carbocycles. The molecule has 0 spiro atoms. The van der Waals surface area contributed by atoms with Crippen LogP contribution in [-0.2, 0) is 9.59 Å². The minimum atomic E-state index is -0.643. The van der Waals surface area contributed by atoms with Gasteiger partial charge in [-0.2, -0.15) is 0 Å². The Kier molecular flexibility index (Phi) is 2.05. The predicted octanol–water partition coefficient (Wildman–Crippen LogP) is 0.617. The number of hydrogen-bond acceptors (Lipinski definition) is 2. The van der Waals surface area contributed by atoms with Crippen LogP contribution in [0.1, 0.15) is 20.3 Å². The van der Waals surface area contributed by atoms with Gasteiger partial charge >= 0.3 is 0 Å². The first-order valence-electron chi connectivity index (χ1n) is 3.41. The van der Waals surface area contributed by atoms with E-state index in [4.69, 9.17) is 0 Å². The molecule has 1 heterocycles. The fourth-order valence-electron chi connectivity index (χ4n) is 1.11. The molecule has 0 aromatic carbocycles. The number of nitrogens with one attached hydrogen (secondary N) is 1. The molecule has 1 saturated heterocycles. The summed E-state index contributed by atoms with van der Waals surface area (Å²) in [4.78, 5) is 21.5. The van der Waals surface area contributed by atoms with Crippen molar-refractivity contribution < 1.29 is 9.59 Å². The molecule has 0 bridgehead atoms. The van der Waals surface area contributed by atoms with Crippen molar-refractivity contribution in [1.29, 1.82) is 0 Å². The Morgan fingerprint density at radius 3 is 2.55 bits per heavy atom. The van der Waals surface area contributed by atoms with Crippen molar-refractivity contribution in [3.63, 3.8) is 0 Å². The molecule has 4 heteroatoms. The Hall–Kier alpha value is -0.380. The second kappa shape index (κ2) is 2.59. The summed E-state index contributed by atoms with van der Waals surface area (Å²) < 4.78 is 0. The van der Waals surface area contributed by atoms with Gasteiger partial charge in [-0.25, -0.2) is 0 Å². The summed E-state index contributed by atoms with van der Waals surface area (Å²) in [6.45, 7) is 3.67. The number of hydrogen-bond donors (Lipinski definition) is 1. The molecular formula is C7H10BrNO2. The highest BCUT2D eigenvalue weighted by Crippen LogP contribution is 2.19. The first-order chi connectivity index (χ1) is 4.92. The van der Waals surface area contributed by atoms with Gasteiger partial charge in [-0.05, 0) is 13.8 Å². The number of alkyl halides is 1. The zero-order valence-electron chi connectivity index (χ0n) is 6.48. The summed E-state index contributed by atoms with van der Waals surface area (Å²) in [5.74, 6) is -0.273. The van der Waals surface area contributed by atoms with E-state index in [-0.39, 0.29) is 17.2 Å². The fraction of sp³-hybridized carbons (Fsp3) is 0.714. The summed E-state index contributed by atoms with van der Waals surface area (Å²) in [5, 5.41) is 2.73. The van der Waals surface area contributed by atoms with Gasteiger partial charge in [0, 0.05) is 12.0 Å². The molecule has 0 unspecified atom stereocenters.